The number of aliphatic hydroxyl groups excluding tert-OH is 1. The molecule has 1 saturated heterocycles. The van der Waals surface area contributed by atoms with Gasteiger partial charge in [0, 0.05) is 32.9 Å². The third-order valence-electron chi connectivity index (χ3n) is 3.77. The van der Waals surface area contributed by atoms with E-state index in [1.54, 1.807) is 7.11 Å². The van der Waals surface area contributed by atoms with Crippen LogP contribution in [0.4, 0.5) is 0 Å². The first-order valence-electron chi connectivity index (χ1n) is 7.73. The van der Waals surface area contributed by atoms with Crippen molar-refractivity contribution in [2.75, 3.05) is 40.0 Å². The second kappa shape index (κ2) is 10.6. The molecule has 1 fully saturated rings. The number of rotatable bonds is 9. The Labute approximate surface area is 118 Å². The van der Waals surface area contributed by atoms with Gasteiger partial charge in [0.25, 0.3) is 0 Å². The van der Waals surface area contributed by atoms with Crippen molar-refractivity contribution in [1.82, 2.24) is 4.90 Å². The zero-order chi connectivity index (χ0) is 13.9. The summed E-state index contributed by atoms with van der Waals surface area (Å²) in [5, 5.41) is 9.61. The largest absolute Gasteiger partial charge is 0.393 e. The molecule has 0 spiro atoms. The van der Waals surface area contributed by atoms with Gasteiger partial charge in [-0.05, 0) is 39.2 Å². The maximum absolute atomic E-state index is 9.61. The van der Waals surface area contributed by atoms with Crippen LogP contribution >= 0.6 is 0 Å². The predicted octanol–water partition coefficient (Wildman–Crippen LogP) is 2.06. The van der Waals surface area contributed by atoms with E-state index in [2.05, 4.69) is 4.90 Å². The van der Waals surface area contributed by atoms with Gasteiger partial charge in [-0.2, -0.15) is 0 Å². The minimum Gasteiger partial charge on any atom is -0.393 e. The summed E-state index contributed by atoms with van der Waals surface area (Å²) in [6.45, 7) is 6.38. The topological polar surface area (TPSA) is 41.9 Å². The van der Waals surface area contributed by atoms with Crippen molar-refractivity contribution in [2.24, 2.45) is 0 Å². The molecule has 0 amide bonds. The fraction of sp³-hybridized carbons (Fsp3) is 1.00. The van der Waals surface area contributed by atoms with Gasteiger partial charge >= 0.3 is 0 Å². The van der Waals surface area contributed by atoms with E-state index in [1.165, 1.54) is 25.7 Å². The molecular weight excluding hydrogens is 242 g/mol. The second-order valence-corrected chi connectivity index (χ2v) is 5.58. The Morgan fingerprint density at radius 3 is 2.79 bits per heavy atom. The van der Waals surface area contributed by atoms with Crippen LogP contribution < -0.4 is 0 Å². The molecule has 2 atom stereocenters. The lowest BCUT2D eigenvalue weighted by atomic mass is 10.0. The van der Waals surface area contributed by atoms with Gasteiger partial charge in [0.15, 0.2) is 0 Å². The summed E-state index contributed by atoms with van der Waals surface area (Å²) in [5.41, 5.74) is 0. The van der Waals surface area contributed by atoms with E-state index in [-0.39, 0.29) is 6.10 Å². The Morgan fingerprint density at radius 1 is 1.21 bits per heavy atom. The van der Waals surface area contributed by atoms with Crippen LogP contribution in [-0.4, -0.2) is 62.2 Å². The fourth-order valence-electron chi connectivity index (χ4n) is 2.78. The molecular formula is C15H31NO3. The van der Waals surface area contributed by atoms with Crippen molar-refractivity contribution in [3.8, 4) is 0 Å². The number of likely N-dealkylation sites (tertiary alicyclic amines) is 1. The van der Waals surface area contributed by atoms with E-state index in [4.69, 9.17) is 9.47 Å². The molecule has 0 aliphatic carbocycles. The number of hydrogen-bond acceptors (Lipinski definition) is 4. The SMILES string of the molecule is COCCCOCCN1CCCCCC1CC(C)O. The molecule has 0 aromatic heterocycles. The van der Waals surface area contributed by atoms with Gasteiger partial charge in [-0.25, -0.2) is 0 Å². The van der Waals surface area contributed by atoms with E-state index in [9.17, 15) is 5.11 Å². The number of aliphatic hydroxyl groups is 1. The van der Waals surface area contributed by atoms with Crippen LogP contribution in [0.25, 0.3) is 0 Å². The summed E-state index contributed by atoms with van der Waals surface area (Å²) in [7, 11) is 1.72. The average Bonchev–Trinajstić information content (AvgIpc) is 2.59. The van der Waals surface area contributed by atoms with E-state index in [0.29, 0.717) is 6.04 Å². The molecule has 114 valence electrons. The molecule has 1 heterocycles. The Kier molecular flexibility index (Phi) is 9.43. The molecule has 1 N–H and O–H groups in total. The standard InChI is InChI=1S/C15H31NO3/c1-14(17)13-15-7-4-3-5-8-16(15)9-12-19-11-6-10-18-2/h14-15,17H,3-13H2,1-2H3. The van der Waals surface area contributed by atoms with Crippen LogP contribution in [0.5, 0.6) is 0 Å². The maximum Gasteiger partial charge on any atom is 0.0593 e. The molecule has 4 nitrogen and oxygen atoms in total. The number of ether oxygens (including phenoxy) is 2. The van der Waals surface area contributed by atoms with Crippen LogP contribution in [0.2, 0.25) is 0 Å². The van der Waals surface area contributed by atoms with E-state index in [0.717, 1.165) is 45.8 Å². The molecule has 1 rings (SSSR count). The zero-order valence-corrected chi connectivity index (χ0v) is 12.6. The Hall–Kier alpha value is -0.160. The summed E-state index contributed by atoms with van der Waals surface area (Å²) in [5.74, 6) is 0. The third-order valence-corrected chi connectivity index (χ3v) is 3.77. The van der Waals surface area contributed by atoms with Crippen molar-refractivity contribution < 1.29 is 14.6 Å². The minimum absolute atomic E-state index is 0.201. The fourth-order valence-corrected chi connectivity index (χ4v) is 2.78. The van der Waals surface area contributed by atoms with Gasteiger partial charge in [0.1, 0.15) is 0 Å². The summed E-state index contributed by atoms with van der Waals surface area (Å²) in [4.78, 5) is 2.51. The molecule has 1 aliphatic heterocycles. The van der Waals surface area contributed by atoms with Crippen molar-refractivity contribution in [1.29, 1.82) is 0 Å². The van der Waals surface area contributed by atoms with E-state index < -0.39 is 0 Å². The van der Waals surface area contributed by atoms with Gasteiger partial charge in [0.2, 0.25) is 0 Å². The Bertz CT molecular complexity index is 212. The molecule has 19 heavy (non-hydrogen) atoms. The lowest BCUT2D eigenvalue weighted by Crippen LogP contribution is -2.39. The van der Waals surface area contributed by atoms with Crippen molar-refractivity contribution >= 4 is 0 Å². The highest BCUT2D eigenvalue weighted by molar-refractivity contribution is 4.77. The lowest BCUT2D eigenvalue weighted by molar-refractivity contribution is 0.0595. The van der Waals surface area contributed by atoms with Gasteiger partial charge < -0.3 is 14.6 Å². The summed E-state index contributed by atoms with van der Waals surface area (Å²) >= 11 is 0. The highest BCUT2D eigenvalue weighted by atomic mass is 16.5. The molecule has 0 bridgehead atoms. The van der Waals surface area contributed by atoms with Gasteiger partial charge in [-0.3, -0.25) is 4.90 Å². The zero-order valence-electron chi connectivity index (χ0n) is 12.6. The van der Waals surface area contributed by atoms with Crippen LogP contribution in [0.15, 0.2) is 0 Å². The Balaban J connectivity index is 2.22. The van der Waals surface area contributed by atoms with Crippen molar-refractivity contribution in [3.63, 3.8) is 0 Å². The monoisotopic (exact) mass is 273 g/mol. The average molecular weight is 273 g/mol. The first-order valence-corrected chi connectivity index (χ1v) is 7.73. The van der Waals surface area contributed by atoms with Crippen LogP contribution in [0.3, 0.4) is 0 Å². The highest BCUT2D eigenvalue weighted by Gasteiger charge is 2.21. The second-order valence-electron chi connectivity index (χ2n) is 5.58. The number of nitrogens with zero attached hydrogens (tertiary/aromatic N) is 1. The Morgan fingerprint density at radius 2 is 2.05 bits per heavy atom. The number of methoxy groups -OCH3 is 1. The third kappa shape index (κ3) is 7.88. The normalized spacial score (nSPS) is 23.2. The molecule has 4 heteroatoms. The van der Waals surface area contributed by atoms with Crippen LogP contribution in [-0.2, 0) is 9.47 Å². The molecule has 0 aromatic rings. The lowest BCUT2D eigenvalue weighted by Gasteiger charge is -2.30. The molecule has 1 aliphatic rings. The van der Waals surface area contributed by atoms with Crippen molar-refractivity contribution in [3.05, 3.63) is 0 Å². The summed E-state index contributed by atoms with van der Waals surface area (Å²) in [6, 6.07) is 0.532. The van der Waals surface area contributed by atoms with Gasteiger partial charge in [-0.15, -0.1) is 0 Å². The first kappa shape index (κ1) is 16.9. The first-order chi connectivity index (χ1) is 9.24. The predicted molar refractivity (Wildman–Crippen MR) is 77.4 cm³/mol. The smallest absolute Gasteiger partial charge is 0.0593 e. The molecule has 0 radical (unpaired) electrons. The van der Waals surface area contributed by atoms with E-state index >= 15 is 0 Å². The van der Waals surface area contributed by atoms with Crippen LogP contribution in [0.1, 0.15) is 45.4 Å². The van der Waals surface area contributed by atoms with Gasteiger partial charge in [-0.1, -0.05) is 12.8 Å². The van der Waals surface area contributed by atoms with Crippen molar-refractivity contribution in [2.45, 2.75) is 57.6 Å². The van der Waals surface area contributed by atoms with E-state index in [1.807, 2.05) is 6.92 Å². The molecule has 2 unspecified atom stereocenters. The van der Waals surface area contributed by atoms with Crippen LogP contribution in [0, 0.1) is 0 Å². The maximum atomic E-state index is 9.61. The molecule has 0 saturated carbocycles. The quantitative estimate of drug-likeness (QED) is 0.653. The number of hydrogen-bond donors (Lipinski definition) is 1. The van der Waals surface area contributed by atoms with Gasteiger partial charge in [0.05, 0.1) is 12.7 Å². The molecule has 0 aromatic carbocycles. The summed E-state index contributed by atoms with van der Waals surface area (Å²) in [6.07, 6.45) is 6.77. The minimum atomic E-state index is -0.201. The summed E-state index contributed by atoms with van der Waals surface area (Å²) < 4.78 is 10.6. The highest BCUT2D eigenvalue weighted by Crippen LogP contribution is 2.20.